The Morgan fingerprint density at radius 1 is 1.35 bits per heavy atom. The van der Waals surface area contributed by atoms with E-state index in [1.54, 1.807) is 5.57 Å². The molecule has 1 aliphatic heterocycles. The molecule has 1 saturated heterocycles. The van der Waals surface area contributed by atoms with Crippen molar-refractivity contribution in [2.75, 3.05) is 13.2 Å². The molecule has 1 heterocycles. The fourth-order valence-electron chi connectivity index (χ4n) is 3.56. The summed E-state index contributed by atoms with van der Waals surface area (Å²) < 4.78 is 12.0. The number of rotatable bonds is 5. The summed E-state index contributed by atoms with van der Waals surface area (Å²) in [5.74, 6) is 1.51. The smallest absolute Gasteiger partial charge is 0.157 e. The zero-order chi connectivity index (χ0) is 14.6. The molecule has 1 aliphatic carbocycles. The average molecular weight is 280 g/mol. The molecule has 0 aromatic heterocycles. The van der Waals surface area contributed by atoms with Crippen molar-refractivity contribution in [3.8, 4) is 0 Å². The van der Waals surface area contributed by atoms with Gasteiger partial charge in [0.2, 0.25) is 0 Å². The molecule has 20 heavy (non-hydrogen) atoms. The minimum absolute atomic E-state index is 0.0296. The number of hydrogen-bond donors (Lipinski definition) is 0. The zero-order valence-corrected chi connectivity index (χ0v) is 13.8. The lowest BCUT2D eigenvalue weighted by atomic mass is 9.80. The van der Waals surface area contributed by atoms with Crippen molar-refractivity contribution < 1.29 is 9.47 Å². The van der Waals surface area contributed by atoms with Crippen LogP contribution in [0.3, 0.4) is 0 Å². The van der Waals surface area contributed by atoms with Crippen LogP contribution in [0.1, 0.15) is 66.2 Å². The number of hydrogen-bond acceptors (Lipinski definition) is 2. The SMILES string of the molecule is CCCC1(C)COC(CC(C)C2CC=C(C)CC2)OC1. The summed E-state index contributed by atoms with van der Waals surface area (Å²) in [6.07, 6.45) is 9.76. The second kappa shape index (κ2) is 7.09. The van der Waals surface area contributed by atoms with Gasteiger partial charge in [-0.25, -0.2) is 0 Å². The van der Waals surface area contributed by atoms with Crippen LogP contribution in [-0.4, -0.2) is 19.5 Å². The predicted octanol–water partition coefficient (Wildman–Crippen LogP) is 4.94. The molecule has 0 N–H and O–H groups in total. The third-order valence-corrected chi connectivity index (χ3v) is 5.14. The first-order valence-electron chi connectivity index (χ1n) is 8.41. The summed E-state index contributed by atoms with van der Waals surface area (Å²) in [5.41, 5.74) is 1.80. The van der Waals surface area contributed by atoms with Crippen molar-refractivity contribution in [2.45, 2.75) is 72.5 Å². The summed E-state index contributed by atoms with van der Waals surface area (Å²) in [6.45, 7) is 10.9. The second-order valence-electron chi connectivity index (χ2n) is 7.41. The van der Waals surface area contributed by atoms with Gasteiger partial charge in [0.15, 0.2) is 6.29 Å². The molecule has 2 heteroatoms. The highest BCUT2D eigenvalue weighted by molar-refractivity contribution is 5.03. The van der Waals surface area contributed by atoms with E-state index in [0.29, 0.717) is 5.92 Å². The summed E-state index contributed by atoms with van der Waals surface area (Å²) in [5, 5.41) is 0. The molecule has 0 aromatic carbocycles. The first-order valence-corrected chi connectivity index (χ1v) is 8.41. The van der Waals surface area contributed by atoms with Crippen LogP contribution >= 0.6 is 0 Å². The monoisotopic (exact) mass is 280 g/mol. The Morgan fingerprint density at radius 3 is 2.60 bits per heavy atom. The van der Waals surface area contributed by atoms with Gasteiger partial charge >= 0.3 is 0 Å². The summed E-state index contributed by atoms with van der Waals surface area (Å²) in [7, 11) is 0. The van der Waals surface area contributed by atoms with Gasteiger partial charge in [-0.3, -0.25) is 0 Å². The fraction of sp³-hybridized carbons (Fsp3) is 0.889. The van der Waals surface area contributed by atoms with Crippen molar-refractivity contribution in [1.29, 1.82) is 0 Å². The van der Waals surface area contributed by atoms with E-state index in [9.17, 15) is 0 Å². The summed E-state index contributed by atoms with van der Waals surface area (Å²) in [4.78, 5) is 0. The molecule has 1 fully saturated rings. The standard InChI is InChI=1S/C18H32O2/c1-5-10-18(4)12-19-17(20-13-18)11-15(3)16-8-6-14(2)7-9-16/h6,15-17H,5,7-13H2,1-4H3. The quantitative estimate of drug-likeness (QED) is 0.664. The molecule has 0 radical (unpaired) electrons. The highest BCUT2D eigenvalue weighted by atomic mass is 16.7. The van der Waals surface area contributed by atoms with Gasteiger partial charge in [0.25, 0.3) is 0 Å². The van der Waals surface area contributed by atoms with Gasteiger partial charge in [-0.05, 0) is 44.4 Å². The van der Waals surface area contributed by atoms with Gasteiger partial charge in [0, 0.05) is 11.8 Å². The molecule has 2 aliphatic rings. The number of allylic oxidation sites excluding steroid dienone is 2. The molecule has 116 valence electrons. The van der Waals surface area contributed by atoms with Crippen LogP contribution in [0.4, 0.5) is 0 Å². The first-order chi connectivity index (χ1) is 9.52. The third kappa shape index (κ3) is 4.33. The van der Waals surface area contributed by atoms with Crippen LogP contribution in [0.15, 0.2) is 11.6 Å². The van der Waals surface area contributed by atoms with E-state index < -0.39 is 0 Å². The zero-order valence-electron chi connectivity index (χ0n) is 13.8. The van der Waals surface area contributed by atoms with E-state index in [1.807, 2.05) is 0 Å². The molecule has 2 atom stereocenters. The van der Waals surface area contributed by atoms with Crippen LogP contribution in [-0.2, 0) is 9.47 Å². The Kier molecular flexibility index (Phi) is 5.68. The highest BCUT2D eigenvalue weighted by Crippen LogP contribution is 2.35. The maximum Gasteiger partial charge on any atom is 0.157 e. The normalized spacial score (nSPS) is 36.5. The van der Waals surface area contributed by atoms with Gasteiger partial charge < -0.3 is 9.47 Å². The highest BCUT2D eigenvalue weighted by Gasteiger charge is 2.33. The lowest BCUT2D eigenvalue weighted by Gasteiger charge is -2.39. The topological polar surface area (TPSA) is 18.5 Å². The minimum atomic E-state index is 0.0296. The molecule has 0 spiro atoms. The van der Waals surface area contributed by atoms with Crippen LogP contribution in [0, 0.1) is 17.3 Å². The van der Waals surface area contributed by atoms with Crippen molar-refractivity contribution >= 4 is 0 Å². The van der Waals surface area contributed by atoms with Crippen molar-refractivity contribution in [1.82, 2.24) is 0 Å². The Bertz CT molecular complexity index is 326. The number of ether oxygens (including phenoxy) is 2. The van der Waals surface area contributed by atoms with Crippen LogP contribution in [0.5, 0.6) is 0 Å². The van der Waals surface area contributed by atoms with Gasteiger partial charge in [-0.2, -0.15) is 0 Å². The largest absolute Gasteiger partial charge is 0.352 e. The molecule has 2 unspecified atom stereocenters. The van der Waals surface area contributed by atoms with E-state index in [1.165, 1.54) is 32.1 Å². The summed E-state index contributed by atoms with van der Waals surface area (Å²) >= 11 is 0. The maximum atomic E-state index is 5.99. The Balaban J connectivity index is 1.75. The van der Waals surface area contributed by atoms with E-state index in [4.69, 9.17) is 9.47 Å². The van der Waals surface area contributed by atoms with Crippen LogP contribution in [0.25, 0.3) is 0 Å². The van der Waals surface area contributed by atoms with Crippen LogP contribution in [0.2, 0.25) is 0 Å². The molecule has 2 rings (SSSR count). The van der Waals surface area contributed by atoms with Gasteiger partial charge in [-0.1, -0.05) is 38.8 Å². The molecular weight excluding hydrogens is 248 g/mol. The maximum absolute atomic E-state index is 5.99. The Labute approximate surface area is 124 Å². The van der Waals surface area contributed by atoms with Crippen molar-refractivity contribution in [2.24, 2.45) is 17.3 Å². The van der Waals surface area contributed by atoms with E-state index in [-0.39, 0.29) is 11.7 Å². The van der Waals surface area contributed by atoms with Gasteiger partial charge in [0.1, 0.15) is 0 Å². The van der Waals surface area contributed by atoms with Crippen LogP contribution < -0.4 is 0 Å². The Hall–Kier alpha value is -0.340. The van der Waals surface area contributed by atoms with E-state index >= 15 is 0 Å². The fourth-order valence-corrected chi connectivity index (χ4v) is 3.56. The molecule has 0 bridgehead atoms. The van der Waals surface area contributed by atoms with Gasteiger partial charge in [-0.15, -0.1) is 0 Å². The molecule has 0 aromatic rings. The Morgan fingerprint density at radius 2 is 2.05 bits per heavy atom. The molecule has 0 amide bonds. The molecular formula is C18H32O2. The molecule has 0 saturated carbocycles. The van der Waals surface area contributed by atoms with E-state index in [0.717, 1.165) is 25.6 Å². The molecule has 2 nitrogen and oxygen atoms in total. The second-order valence-corrected chi connectivity index (χ2v) is 7.41. The lowest BCUT2D eigenvalue weighted by Crippen LogP contribution is -2.40. The van der Waals surface area contributed by atoms with Crippen molar-refractivity contribution in [3.63, 3.8) is 0 Å². The average Bonchev–Trinajstić information content (AvgIpc) is 2.42. The van der Waals surface area contributed by atoms with Crippen molar-refractivity contribution in [3.05, 3.63) is 11.6 Å². The van der Waals surface area contributed by atoms with E-state index in [2.05, 4.69) is 33.8 Å². The minimum Gasteiger partial charge on any atom is -0.352 e. The predicted molar refractivity (Wildman–Crippen MR) is 83.6 cm³/mol. The lowest BCUT2D eigenvalue weighted by molar-refractivity contribution is -0.234. The first kappa shape index (κ1) is 16.0. The summed E-state index contributed by atoms with van der Waals surface area (Å²) in [6, 6.07) is 0. The third-order valence-electron chi connectivity index (χ3n) is 5.14. The van der Waals surface area contributed by atoms with Gasteiger partial charge in [0.05, 0.1) is 13.2 Å².